The number of halogens is 3. The Bertz CT molecular complexity index is 890. The van der Waals surface area contributed by atoms with Crippen molar-refractivity contribution in [1.29, 1.82) is 0 Å². The van der Waals surface area contributed by atoms with Gasteiger partial charge in [-0.3, -0.25) is 4.79 Å². The topological polar surface area (TPSA) is 95.7 Å². The maximum absolute atomic E-state index is 12.5. The van der Waals surface area contributed by atoms with Gasteiger partial charge in [-0.2, -0.15) is 0 Å². The molecule has 1 aliphatic heterocycles. The van der Waals surface area contributed by atoms with Crippen molar-refractivity contribution in [2.75, 3.05) is 10.2 Å². The van der Waals surface area contributed by atoms with Gasteiger partial charge in [0.25, 0.3) is 0 Å². The lowest BCUT2D eigenvalue weighted by Crippen LogP contribution is -2.43. The number of aliphatic carboxylic acids is 1. The molecule has 0 aliphatic carbocycles. The molecule has 28 heavy (non-hydrogen) atoms. The minimum atomic E-state index is -1.01. The first-order valence-corrected chi connectivity index (χ1v) is 9.14. The summed E-state index contributed by atoms with van der Waals surface area (Å²) in [5.41, 5.74) is 8.39. The monoisotopic (exact) mass is 443 g/mol. The predicted octanol–water partition coefficient (Wildman–Crippen LogP) is 4.24. The molecule has 1 aliphatic rings. The number of carboxylic acid groups (broad SMARTS) is 1. The van der Waals surface area contributed by atoms with Gasteiger partial charge < -0.3 is 21.1 Å². The summed E-state index contributed by atoms with van der Waals surface area (Å²) in [6, 6.07) is 9.07. The number of nitrogens with two attached hydrogens (primary N) is 1. The highest BCUT2D eigenvalue weighted by Crippen LogP contribution is 2.44. The number of carbonyl (C=O) groups excluding carboxylic acids is 1. The summed E-state index contributed by atoms with van der Waals surface area (Å²) in [5, 5.41) is 13.2. The van der Waals surface area contributed by atoms with E-state index < -0.39 is 18.1 Å². The second-order valence-corrected chi connectivity index (χ2v) is 7.24. The molecule has 0 aromatic heterocycles. The number of hydrogen-bond acceptors (Lipinski definition) is 4. The van der Waals surface area contributed by atoms with E-state index in [9.17, 15) is 14.7 Å². The summed E-state index contributed by atoms with van der Waals surface area (Å²) in [4.78, 5) is 25.7. The maximum Gasteiger partial charge on any atom is 0.326 e. The zero-order valence-electron chi connectivity index (χ0n) is 15.0. The molecule has 0 spiro atoms. The standard InChI is InChI=1S/C19H19Cl2N3O3.ClH/c1-10(25)24(13-4-2-11(9-22)3-5-13)17-8-16(19(26)27)23-15-7-12(20)6-14(21)18(15)17;/h2-7,16-17,23H,8-9,22H2,1H3,(H,26,27);1H. The number of benzene rings is 2. The van der Waals surface area contributed by atoms with Crippen LogP contribution in [0.1, 0.15) is 30.5 Å². The molecule has 3 rings (SSSR count). The fourth-order valence-electron chi connectivity index (χ4n) is 3.40. The molecule has 6 nitrogen and oxygen atoms in total. The van der Waals surface area contributed by atoms with Crippen LogP contribution in [0.25, 0.3) is 0 Å². The molecule has 1 amide bonds. The van der Waals surface area contributed by atoms with E-state index >= 15 is 0 Å². The first kappa shape index (κ1) is 22.3. The molecule has 0 saturated carbocycles. The number of nitrogens with one attached hydrogen (secondary N) is 1. The fraction of sp³-hybridized carbons (Fsp3) is 0.263. The van der Waals surface area contributed by atoms with Gasteiger partial charge in [0.1, 0.15) is 6.04 Å². The highest BCUT2D eigenvalue weighted by molar-refractivity contribution is 6.35. The van der Waals surface area contributed by atoms with Gasteiger partial charge in [0.05, 0.1) is 6.04 Å². The van der Waals surface area contributed by atoms with Crippen LogP contribution < -0.4 is 16.0 Å². The summed E-state index contributed by atoms with van der Waals surface area (Å²) < 4.78 is 0. The minimum absolute atomic E-state index is 0. The Morgan fingerprint density at radius 3 is 2.43 bits per heavy atom. The largest absolute Gasteiger partial charge is 0.480 e. The van der Waals surface area contributed by atoms with Crippen LogP contribution in [0.3, 0.4) is 0 Å². The summed E-state index contributed by atoms with van der Waals surface area (Å²) in [6.45, 7) is 1.83. The normalized spacial score (nSPS) is 17.7. The van der Waals surface area contributed by atoms with E-state index in [1.807, 2.05) is 12.1 Å². The Morgan fingerprint density at radius 1 is 1.25 bits per heavy atom. The lowest BCUT2D eigenvalue weighted by Gasteiger charge is -2.38. The third-order valence-electron chi connectivity index (χ3n) is 4.62. The molecule has 150 valence electrons. The smallest absolute Gasteiger partial charge is 0.326 e. The number of anilines is 2. The highest BCUT2D eigenvalue weighted by Gasteiger charge is 2.37. The van der Waals surface area contributed by atoms with Crippen LogP contribution >= 0.6 is 35.6 Å². The van der Waals surface area contributed by atoms with E-state index in [0.717, 1.165) is 5.56 Å². The van der Waals surface area contributed by atoms with Crippen molar-refractivity contribution < 1.29 is 14.7 Å². The second kappa shape index (κ2) is 9.01. The van der Waals surface area contributed by atoms with E-state index in [0.29, 0.717) is 33.5 Å². The second-order valence-electron chi connectivity index (χ2n) is 6.40. The van der Waals surface area contributed by atoms with Crippen LogP contribution in [0.4, 0.5) is 11.4 Å². The molecule has 2 aromatic rings. The van der Waals surface area contributed by atoms with Gasteiger partial charge >= 0.3 is 5.97 Å². The number of hydrogen-bond donors (Lipinski definition) is 3. The summed E-state index contributed by atoms with van der Waals surface area (Å²) in [6.07, 6.45) is 0.169. The van der Waals surface area contributed by atoms with E-state index in [2.05, 4.69) is 5.32 Å². The van der Waals surface area contributed by atoms with Crippen LogP contribution in [0.2, 0.25) is 10.0 Å². The van der Waals surface area contributed by atoms with Gasteiger partial charge in [-0.05, 0) is 29.8 Å². The molecule has 2 aromatic carbocycles. The highest BCUT2D eigenvalue weighted by atomic mass is 35.5. The summed E-state index contributed by atoms with van der Waals surface area (Å²) in [7, 11) is 0. The molecule has 0 bridgehead atoms. The Morgan fingerprint density at radius 2 is 1.89 bits per heavy atom. The number of carbonyl (C=O) groups is 2. The van der Waals surface area contributed by atoms with Crippen molar-refractivity contribution in [3.63, 3.8) is 0 Å². The first-order valence-electron chi connectivity index (χ1n) is 8.39. The number of carboxylic acids is 1. The van der Waals surface area contributed by atoms with Crippen LogP contribution in [-0.2, 0) is 16.1 Å². The van der Waals surface area contributed by atoms with Gasteiger partial charge in [-0.1, -0.05) is 35.3 Å². The summed E-state index contributed by atoms with van der Waals surface area (Å²) in [5.74, 6) is -1.23. The van der Waals surface area contributed by atoms with Crippen molar-refractivity contribution >= 4 is 58.9 Å². The molecule has 9 heteroatoms. The van der Waals surface area contributed by atoms with E-state index in [4.69, 9.17) is 28.9 Å². The molecule has 0 saturated heterocycles. The van der Waals surface area contributed by atoms with Crippen LogP contribution in [0.5, 0.6) is 0 Å². The molecule has 4 N–H and O–H groups in total. The fourth-order valence-corrected chi connectivity index (χ4v) is 4.02. The number of rotatable bonds is 4. The van der Waals surface area contributed by atoms with Crippen molar-refractivity contribution in [3.8, 4) is 0 Å². The van der Waals surface area contributed by atoms with Crippen molar-refractivity contribution in [2.45, 2.75) is 32.0 Å². The van der Waals surface area contributed by atoms with Gasteiger partial charge in [0, 0.05) is 46.9 Å². The third kappa shape index (κ3) is 4.36. The lowest BCUT2D eigenvalue weighted by atomic mass is 9.91. The molecule has 0 radical (unpaired) electrons. The SMILES string of the molecule is CC(=O)N(c1ccc(CN)cc1)C1CC(C(=O)O)Nc2cc(Cl)cc(Cl)c21.Cl. The Kier molecular flexibility index (Phi) is 7.17. The Labute approximate surface area is 179 Å². The van der Waals surface area contributed by atoms with Crippen molar-refractivity contribution in [1.82, 2.24) is 0 Å². The Hall–Kier alpha value is -1.99. The van der Waals surface area contributed by atoms with Gasteiger partial charge in [-0.15, -0.1) is 12.4 Å². The van der Waals surface area contributed by atoms with Crippen LogP contribution in [0, 0.1) is 0 Å². The summed E-state index contributed by atoms with van der Waals surface area (Å²) >= 11 is 12.5. The average molecular weight is 445 g/mol. The molecule has 2 atom stereocenters. The van der Waals surface area contributed by atoms with Gasteiger partial charge in [0.15, 0.2) is 0 Å². The maximum atomic E-state index is 12.5. The lowest BCUT2D eigenvalue weighted by molar-refractivity contribution is -0.138. The van der Waals surface area contributed by atoms with Crippen LogP contribution in [0.15, 0.2) is 36.4 Å². The van der Waals surface area contributed by atoms with Crippen LogP contribution in [-0.4, -0.2) is 23.0 Å². The molecule has 0 fully saturated rings. The van der Waals surface area contributed by atoms with E-state index in [1.165, 1.54) is 6.92 Å². The van der Waals surface area contributed by atoms with Crippen molar-refractivity contribution in [3.05, 3.63) is 57.6 Å². The minimum Gasteiger partial charge on any atom is -0.480 e. The zero-order valence-corrected chi connectivity index (χ0v) is 17.3. The van der Waals surface area contributed by atoms with Gasteiger partial charge in [0.2, 0.25) is 5.91 Å². The van der Waals surface area contributed by atoms with Gasteiger partial charge in [-0.25, -0.2) is 4.79 Å². The molecule has 2 unspecified atom stereocenters. The number of amides is 1. The first-order chi connectivity index (χ1) is 12.8. The van der Waals surface area contributed by atoms with E-state index in [1.54, 1.807) is 29.2 Å². The quantitative estimate of drug-likeness (QED) is 0.655. The predicted molar refractivity (Wildman–Crippen MR) is 114 cm³/mol. The zero-order chi connectivity index (χ0) is 19.7. The molecular formula is C19H20Cl3N3O3. The number of nitrogens with zero attached hydrogens (tertiary/aromatic N) is 1. The molecular weight excluding hydrogens is 425 g/mol. The third-order valence-corrected chi connectivity index (χ3v) is 5.15. The molecule has 1 heterocycles. The average Bonchev–Trinajstić information content (AvgIpc) is 2.61. The van der Waals surface area contributed by atoms with E-state index in [-0.39, 0.29) is 24.7 Å². The Balaban J connectivity index is 0.00000280. The van der Waals surface area contributed by atoms with Crippen molar-refractivity contribution in [2.24, 2.45) is 5.73 Å². The number of fused-ring (bicyclic) bond motifs is 1.